The predicted molar refractivity (Wildman–Crippen MR) is 105 cm³/mol. The molecule has 27 heavy (non-hydrogen) atoms. The maximum absolute atomic E-state index is 12.8. The van der Waals surface area contributed by atoms with Crippen LogP contribution in [0.25, 0.3) is 0 Å². The van der Waals surface area contributed by atoms with Gasteiger partial charge in [-0.05, 0) is 59.8 Å². The molecule has 0 saturated heterocycles. The fourth-order valence-corrected chi connectivity index (χ4v) is 5.33. The Balaban J connectivity index is 1.58. The second-order valence-electron chi connectivity index (χ2n) is 8.14. The van der Waals surface area contributed by atoms with Crippen LogP contribution in [-0.4, -0.2) is 17.0 Å². The Morgan fingerprint density at radius 1 is 1.15 bits per heavy atom. The fourth-order valence-electron chi connectivity index (χ4n) is 5.33. The highest BCUT2D eigenvalue weighted by Gasteiger charge is 2.48. The first kappa shape index (κ1) is 17.8. The molecular formula is C23H25NO3. The largest absolute Gasteiger partial charge is 0.478 e. The molecule has 140 valence electrons. The smallest absolute Gasteiger partial charge is 0.337 e. The zero-order valence-electron chi connectivity index (χ0n) is 15.6. The van der Waals surface area contributed by atoms with Crippen LogP contribution in [0.5, 0.6) is 0 Å². The van der Waals surface area contributed by atoms with Gasteiger partial charge in [0.15, 0.2) is 0 Å². The molecule has 2 aliphatic carbocycles. The lowest BCUT2D eigenvalue weighted by Crippen LogP contribution is -2.47. The number of nitrogens with one attached hydrogen (secondary N) is 1. The van der Waals surface area contributed by atoms with E-state index in [0.717, 1.165) is 19.3 Å². The van der Waals surface area contributed by atoms with Gasteiger partial charge in [-0.25, -0.2) is 4.79 Å². The van der Waals surface area contributed by atoms with Crippen LogP contribution in [0.3, 0.4) is 0 Å². The Labute approximate surface area is 159 Å². The number of hydrogen-bond donors (Lipinski definition) is 2. The number of hydrogen-bond acceptors (Lipinski definition) is 2. The molecule has 1 fully saturated rings. The first-order valence-electron chi connectivity index (χ1n) is 9.69. The minimum atomic E-state index is -1.03. The highest BCUT2D eigenvalue weighted by Crippen LogP contribution is 2.53. The monoisotopic (exact) mass is 363 g/mol. The van der Waals surface area contributed by atoms with Crippen LogP contribution >= 0.6 is 0 Å². The van der Waals surface area contributed by atoms with Crippen LogP contribution in [0, 0.1) is 11.8 Å². The van der Waals surface area contributed by atoms with E-state index in [9.17, 15) is 14.7 Å². The minimum Gasteiger partial charge on any atom is -0.478 e. The number of fused-ring (bicyclic) bond motifs is 4. The molecule has 2 bridgehead atoms. The Morgan fingerprint density at radius 2 is 1.89 bits per heavy atom. The summed E-state index contributed by atoms with van der Waals surface area (Å²) in [6.07, 6.45) is 4.94. The summed E-state index contributed by atoms with van der Waals surface area (Å²) in [5.74, 6) is -0.315. The third-order valence-electron chi connectivity index (χ3n) is 6.61. The van der Waals surface area contributed by atoms with Crippen molar-refractivity contribution in [3.8, 4) is 0 Å². The van der Waals surface area contributed by atoms with Crippen molar-refractivity contribution in [1.82, 2.24) is 0 Å². The number of carbonyl (C=O) groups excluding carboxylic acids is 1. The van der Waals surface area contributed by atoms with E-state index < -0.39 is 5.97 Å². The number of rotatable bonds is 4. The number of amides is 1. The standard InChI is InChI=1S/C23H25NO3/c1-23-12-6-8-16(13-15-7-2-4-10-18(15)23)19(23)14-21(25)24-20-11-5-3-9-17(20)22(26)27/h2-5,7,9-11,16,19H,6,8,12-14H2,1H3,(H,24,25)(H,26,27)/t16?,19-,23+/m0/s1. The van der Waals surface area contributed by atoms with E-state index in [4.69, 9.17) is 0 Å². The molecule has 1 unspecified atom stereocenters. The average Bonchev–Trinajstić information content (AvgIpc) is 2.64. The summed E-state index contributed by atoms with van der Waals surface area (Å²) in [6, 6.07) is 15.2. The normalized spacial score (nSPS) is 26.1. The molecule has 1 amide bonds. The van der Waals surface area contributed by atoms with Crippen molar-refractivity contribution < 1.29 is 14.7 Å². The summed E-state index contributed by atoms with van der Waals surface area (Å²) < 4.78 is 0. The molecule has 2 aliphatic rings. The number of para-hydroxylation sites is 1. The van der Waals surface area contributed by atoms with Crippen molar-refractivity contribution in [1.29, 1.82) is 0 Å². The van der Waals surface area contributed by atoms with E-state index in [1.165, 1.54) is 23.6 Å². The van der Waals surface area contributed by atoms with E-state index in [2.05, 4.69) is 36.5 Å². The van der Waals surface area contributed by atoms with Gasteiger partial charge in [-0.2, -0.15) is 0 Å². The number of carboxylic acid groups (broad SMARTS) is 1. The lowest BCUT2D eigenvalue weighted by atomic mass is 9.53. The molecule has 2 N–H and O–H groups in total. The van der Waals surface area contributed by atoms with Crippen LogP contribution in [0.2, 0.25) is 0 Å². The van der Waals surface area contributed by atoms with Crippen LogP contribution in [0.1, 0.15) is 54.1 Å². The lowest BCUT2D eigenvalue weighted by molar-refractivity contribution is -0.118. The molecule has 0 aliphatic heterocycles. The summed E-state index contributed by atoms with van der Waals surface area (Å²) in [5, 5.41) is 12.2. The van der Waals surface area contributed by atoms with Gasteiger partial charge >= 0.3 is 5.97 Å². The molecule has 0 radical (unpaired) electrons. The van der Waals surface area contributed by atoms with Gasteiger partial charge in [0.25, 0.3) is 0 Å². The lowest BCUT2D eigenvalue weighted by Gasteiger charge is -2.51. The van der Waals surface area contributed by atoms with Gasteiger partial charge in [-0.1, -0.05) is 49.7 Å². The first-order chi connectivity index (χ1) is 13.0. The van der Waals surface area contributed by atoms with Crippen molar-refractivity contribution in [2.24, 2.45) is 11.8 Å². The van der Waals surface area contributed by atoms with E-state index in [0.29, 0.717) is 18.0 Å². The Bertz CT molecular complexity index is 891. The second-order valence-corrected chi connectivity index (χ2v) is 8.14. The number of anilines is 1. The first-order valence-corrected chi connectivity index (χ1v) is 9.69. The summed E-state index contributed by atoms with van der Waals surface area (Å²) in [6.45, 7) is 2.31. The fraction of sp³-hybridized carbons (Fsp3) is 0.391. The van der Waals surface area contributed by atoms with E-state index in [1.807, 2.05) is 0 Å². The van der Waals surface area contributed by atoms with Crippen LogP contribution in [0.15, 0.2) is 48.5 Å². The molecule has 4 heteroatoms. The van der Waals surface area contributed by atoms with Crippen LogP contribution in [0.4, 0.5) is 5.69 Å². The van der Waals surface area contributed by atoms with E-state index in [1.54, 1.807) is 18.2 Å². The van der Waals surface area contributed by atoms with Gasteiger partial charge in [-0.3, -0.25) is 4.79 Å². The van der Waals surface area contributed by atoms with Crippen molar-refractivity contribution in [2.45, 2.75) is 44.4 Å². The van der Waals surface area contributed by atoms with E-state index >= 15 is 0 Å². The van der Waals surface area contributed by atoms with Gasteiger partial charge in [0.2, 0.25) is 5.91 Å². The van der Waals surface area contributed by atoms with Crippen molar-refractivity contribution >= 4 is 17.6 Å². The summed E-state index contributed by atoms with van der Waals surface area (Å²) in [7, 11) is 0. The molecular weight excluding hydrogens is 338 g/mol. The minimum absolute atomic E-state index is 0.0153. The molecule has 0 spiro atoms. The summed E-state index contributed by atoms with van der Waals surface area (Å²) >= 11 is 0. The van der Waals surface area contributed by atoms with Gasteiger partial charge in [-0.15, -0.1) is 0 Å². The van der Waals surface area contributed by atoms with Crippen LogP contribution in [-0.2, 0) is 16.6 Å². The molecule has 1 saturated carbocycles. The Kier molecular flexibility index (Phi) is 4.50. The molecule has 3 atom stereocenters. The zero-order chi connectivity index (χ0) is 19.0. The molecule has 4 nitrogen and oxygen atoms in total. The highest BCUT2D eigenvalue weighted by atomic mass is 16.4. The van der Waals surface area contributed by atoms with Crippen molar-refractivity contribution in [3.63, 3.8) is 0 Å². The topological polar surface area (TPSA) is 66.4 Å². The molecule has 4 rings (SSSR count). The van der Waals surface area contributed by atoms with Gasteiger partial charge in [0.1, 0.15) is 0 Å². The van der Waals surface area contributed by atoms with Gasteiger partial charge < -0.3 is 10.4 Å². The average molecular weight is 363 g/mol. The summed E-state index contributed by atoms with van der Waals surface area (Å²) in [5.41, 5.74) is 3.34. The molecule has 2 aromatic carbocycles. The third kappa shape index (κ3) is 3.14. The predicted octanol–water partition coefficient (Wildman–Crippen LogP) is 4.64. The van der Waals surface area contributed by atoms with Crippen molar-refractivity contribution in [3.05, 3.63) is 65.2 Å². The van der Waals surface area contributed by atoms with Gasteiger partial charge in [0.05, 0.1) is 11.3 Å². The van der Waals surface area contributed by atoms with Gasteiger partial charge in [0, 0.05) is 6.42 Å². The van der Waals surface area contributed by atoms with E-state index in [-0.39, 0.29) is 22.8 Å². The maximum atomic E-state index is 12.8. The zero-order valence-corrected chi connectivity index (χ0v) is 15.6. The van der Waals surface area contributed by atoms with Crippen molar-refractivity contribution in [2.75, 3.05) is 5.32 Å². The number of carboxylic acids is 1. The Hall–Kier alpha value is -2.62. The maximum Gasteiger partial charge on any atom is 0.337 e. The second kappa shape index (κ2) is 6.84. The molecule has 0 heterocycles. The Morgan fingerprint density at radius 3 is 2.70 bits per heavy atom. The number of benzene rings is 2. The highest BCUT2D eigenvalue weighted by molar-refractivity contribution is 6.00. The number of aromatic carboxylic acids is 1. The molecule has 2 aromatic rings. The third-order valence-corrected chi connectivity index (χ3v) is 6.61. The molecule has 0 aromatic heterocycles. The number of carbonyl (C=O) groups is 2. The summed E-state index contributed by atoms with van der Waals surface area (Å²) in [4.78, 5) is 24.2. The van der Waals surface area contributed by atoms with Crippen LogP contribution < -0.4 is 5.32 Å². The SMILES string of the molecule is C[C@@]12CCCC(Cc3ccccc31)[C@@H]2CC(=O)Nc1ccccc1C(=O)O. The quantitative estimate of drug-likeness (QED) is 0.831.